The number of aliphatic carboxylic acids is 1. The van der Waals surface area contributed by atoms with Crippen molar-refractivity contribution >= 4 is 24.4 Å². The van der Waals surface area contributed by atoms with Crippen molar-refractivity contribution < 1.29 is 52.7 Å². The maximum absolute atomic E-state index is 12.3. The number of carbonyl (C=O) groups excluding carboxylic acids is 3. The molecule has 0 aliphatic heterocycles. The molecule has 39 heavy (non-hydrogen) atoms. The standard InChI is InChI=1S/C27H41NO11/c1-16(2)15-34-22(31)35-17(3)13-27(28,21(29)30)14-18-10-11-19(36-23(32)38-25(4,5)6)20(12-18)37-24(33)39-26(7,8)9/h10-12,16-17H,13-15,28H2,1-9H3,(H,29,30)/t17-,27?/m0/s1. The van der Waals surface area contributed by atoms with Crippen LogP contribution in [0.3, 0.4) is 0 Å². The van der Waals surface area contributed by atoms with Crippen LogP contribution in [-0.2, 0) is 30.2 Å². The molecular formula is C27H41NO11. The zero-order valence-corrected chi connectivity index (χ0v) is 24.1. The Morgan fingerprint density at radius 2 is 1.36 bits per heavy atom. The third-order valence-electron chi connectivity index (χ3n) is 4.60. The number of carbonyl (C=O) groups is 4. The Bertz CT molecular complexity index is 1020. The van der Waals surface area contributed by atoms with E-state index in [4.69, 9.17) is 34.2 Å². The van der Waals surface area contributed by atoms with Crippen molar-refractivity contribution in [3.05, 3.63) is 23.8 Å². The molecule has 1 aromatic carbocycles. The van der Waals surface area contributed by atoms with Crippen LogP contribution in [0.4, 0.5) is 14.4 Å². The van der Waals surface area contributed by atoms with Crippen LogP contribution in [0.2, 0.25) is 0 Å². The Kier molecular flexibility index (Phi) is 11.6. The van der Waals surface area contributed by atoms with Gasteiger partial charge in [-0.3, -0.25) is 4.79 Å². The molecule has 1 aromatic rings. The van der Waals surface area contributed by atoms with Gasteiger partial charge in [0.05, 0.1) is 6.61 Å². The highest BCUT2D eigenvalue weighted by Gasteiger charge is 2.37. The topological polar surface area (TPSA) is 170 Å². The SMILES string of the molecule is CC(C)COC(=O)O[C@@H](C)CC(N)(Cc1ccc(OC(=O)OC(C)(C)C)c(OC(=O)OC(C)(C)C)c1)C(=O)O. The van der Waals surface area contributed by atoms with Crippen LogP contribution in [0.25, 0.3) is 0 Å². The van der Waals surface area contributed by atoms with Crippen molar-refractivity contribution in [2.75, 3.05) is 6.61 Å². The first-order valence-electron chi connectivity index (χ1n) is 12.5. The monoisotopic (exact) mass is 555 g/mol. The average molecular weight is 556 g/mol. The third kappa shape index (κ3) is 13.2. The second-order valence-electron chi connectivity index (χ2n) is 11.6. The lowest BCUT2D eigenvalue weighted by Crippen LogP contribution is -2.52. The molecule has 12 nitrogen and oxygen atoms in total. The number of ether oxygens (including phenoxy) is 6. The first-order valence-corrected chi connectivity index (χ1v) is 12.5. The molecule has 0 saturated heterocycles. The molecule has 3 N–H and O–H groups in total. The van der Waals surface area contributed by atoms with Gasteiger partial charge in [0.1, 0.15) is 22.8 Å². The minimum atomic E-state index is -1.88. The van der Waals surface area contributed by atoms with Crippen LogP contribution in [0, 0.1) is 5.92 Å². The zero-order chi connectivity index (χ0) is 30.2. The van der Waals surface area contributed by atoms with Gasteiger partial charge in [-0.2, -0.15) is 0 Å². The first-order chi connectivity index (χ1) is 17.7. The largest absolute Gasteiger partial charge is 0.514 e. The lowest BCUT2D eigenvalue weighted by molar-refractivity contribution is -0.144. The van der Waals surface area contributed by atoms with E-state index in [0.717, 1.165) is 0 Å². The molecule has 12 heteroatoms. The van der Waals surface area contributed by atoms with Crippen LogP contribution in [-0.4, -0.2) is 59.0 Å². The molecule has 0 fully saturated rings. The molecule has 0 aliphatic rings. The summed E-state index contributed by atoms with van der Waals surface area (Å²) in [5, 5.41) is 9.89. The fraction of sp³-hybridized carbons (Fsp3) is 0.630. The smallest absolute Gasteiger partial charge is 0.480 e. The van der Waals surface area contributed by atoms with Crippen LogP contribution in [0.15, 0.2) is 18.2 Å². The number of carboxylic acid groups (broad SMARTS) is 1. The predicted octanol–water partition coefficient (Wildman–Crippen LogP) is 5.23. The maximum atomic E-state index is 12.3. The third-order valence-corrected chi connectivity index (χ3v) is 4.60. The van der Waals surface area contributed by atoms with Gasteiger partial charge in [0.15, 0.2) is 11.5 Å². The van der Waals surface area contributed by atoms with E-state index in [1.54, 1.807) is 41.5 Å². The predicted molar refractivity (Wildman–Crippen MR) is 140 cm³/mol. The molecule has 0 radical (unpaired) electrons. The van der Waals surface area contributed by atoms with Gasteiger partial charge in [0, 0.05) is 12.8 Å². The summed E-state index contributed by atoms with van der Waals surface area (Å²) in [5.41, 5.74) is 2.95. The molecule has 1 rings (SSSR count). The Morgan fingerprint density at radius 1 is 0.846 bits per heavy atom. The number of rotatable bonds is 10. The zero-order valence-electron chi connectivity index (χ0n) is 24.1. The Labute approximate surface area is 229 Å². The number of hydrogen-bond acceptors (Lipinski definition) is 11. The lowest BCUT2D eigenvalue weighted by atomic mass is 9.86. The lowest BCUT2D eigenvalue weighted by Gasteiger charge is -2.28. The summed E-state index contributed by atoms with van der Waals surface area (Å²) in [6.07, 6.45) is -4.45. The van der Waals surface area contributed by atoms with Gasteiger partial charge >= 0.3 is 24.4 Å². The van der Waals surface area contributed by atoms with Gasteiger partial charge in [-0.1, -0.05) is 19.9 Å². The Balaban J connectivity index is 3.20. The van der Waals surface area contributed by atoms with Gasteiger partial charge in [-0.25, -0.2) is 14.4 Å². The van der Waals surface area contributed by atoms with E-state index in [9.17, 15) is 24.3 Å². The van der Waals surface area contributed by atoms with Crippen molar-refractivity contribution in [2.45, 2.75) is 98.0 Å². The number of carboxylic acids is 1. The summed E-state index contributed by atoms with van der Waals surface area (Å²) < 4.78 is 30.9. The summed E-state index contributed by atoms with van der Waals surface area (Å²) >= 11 is 0. The van der Waals surface area contributed by atoms with E-state index < -0.39 is 47.3 Å². The van der Waals surface area contributed by atoms with E-state index in [0.29, 0.717) is 5.56 Å². The molecular weight excluding hydrogens is 514 g/mol. The molecule has 0 amide bonds. The van der Waals surface area contributed by atoms with Crippen LogP contribution >= 0.6 is 0 Å². The Morgan fingerprint density at radius 3 is 1.82 bits per heavy atom. The van der Waals surface area contributed by atoms with Crippen LogP contribution in [0.1, 0.15) is 74.3 Å². The molecule has 0 aliphatic carbocycles. The van der Waals surface area contributed by atoms with Gasteiger partial charge < -0.3 is 39.3 Å². The van der Waals surface area contributed by atoms with Gasteiger partial charge in [-0.05, 0) is 72.1 Å². The van der Waals surface area contributed by atoms with Gasteiger partial charge in [-0.15, -0.1) is 0 Å². The molecule has 1 unspecified atom stereocenters. The summed E-state index contributed by atoms with van der Waals surface area (Å²) in [5.74, 6) is -1.64. The molecule has 0 spiro atoms. The minimum absolute atomic E-state index is 0.0971. The second-order valence-corrected chi connectivity index (χ2v) is 11.6. The van der Waals surface area contributed by atoms with Crippen molar-refractivity contribution in [1.29, 1.82) is 0 Å². The minimum Gasteiger partial charge on any atom is -0.480 e. The second kappa shape index (κ2) is 13.5. The fourth-order valence-electron chi connectivity index (χ4n) is 3.13. The van der Waals surface area contributed by atoms with Crippen LogP contribution in [0.5, 0.6) is 11.5 Å². The van der Waals surface area contributed by atoms with Crippen molar-refractivity contribution in [2.24, 2.45) is 11.7 Å². The Hall–Kier alpha value is -3.54. The fourth-order valence-corrected chi connectivity index (χ4v) is 3.13. The average Bonchev–Trinajstić information content (AvgIpc) is 2.71. The quantitative estimate of drug-likeness (QED) is 0.219. The summed E-state index contributed by atoms with van der Waals surface area (Å²) in [6.45, 7) is 15.2. The highest BCUT2D eigenvalue weighted by Crippen LogP contribution is 2.32. The maximum Gasteiger partial charge on any atom is 0.514 e. The molecule has 0 heterocycles. The van der Waals surface area contributed by atoms with Gasteiger partial charge in [0.25, 0.3) is 0 Å². The summed E-state index contributed by atoms with van der Waals surface area (Å²) in [7, 11) is 0. The van der Waals surface area contributed by atoms with E-state index in [1.165, 1.54) is 25.1 Å². The van der Waals surface area contributed by atoms with Crippen molar-refractivity contribution in [3.8, 4) is 11.5 Å². The molecule has 0 saturated carbocycles. The summed E-state index contributed by atoms with van der Waals surface area (Å²) in [6, 6.07) is 4.07. The summed E-state index contributed by atoms with van der Waals surface area (Å²) in [4.78, 5) is 48.6. The van der Waals surface area contributed by atoms with E-state index >= 15 is 0 Å². The number of benzene rings is 1. The molecule has 2 atom stereocenters. The molecule has 0 bridgehead atoms. The van der Waals surface area contributed by atoms with Gasteiger partial charge in [0.2, 0.25) is 0 Å². The molecule has 0 aromatic heterocycles. The van der Waals surface area contributed by atoms with E-state index in [2.05, 4.69) is 0 Å². The first kappa shape index (κ1) is 33.5. The normalized spacial score (nSPS) is 14.0. The van der Waals surface area contributed by atoms with E-state index in [-0.39, 0.29) is 36.9 Å². The van der Waals surface area contributed by atoms with Crippen molar-refractivity contribution in [3.63, 3.8) is 0 Å². The van der Waals surface area contributed by atoms with Crippen molar-refractivity contribution in [1.82, 2.24) is 0 Å². The number of nitrogens with two attached hydrogens (primary N) is 1. The highest BCUT2D eigenvalue weighted by atomic mass is 16.8. The highest BCUT2D eigenvalue weighted by molar-refractivity contribution is 5.79. The van der Waals surface area contributed by atoms with E-state index in [1.807, 2.05) is 13.8 Å². The molecule has 220 valence electrons. The number of hydrogen-bond donors (Lipinski definition) is 2. The van der Waals surface area contributed by atoms with Crippen LogP contribution < -0.4 is 15.2 Å².